The monoisotopic (exact) mass is 385 g/mol. The lowest BCUT2D eigenvalue weighted by Crippen LogP contribution is -2.48. The average Bonchev–Trinajstić information content (AvgIpc) is 2.66. The standard InChI is InChI=1S/C20H27N5OS/c1-16-6-5-11-23-18(16)9-13-25(19(21)22)20(27)24-12-15-26-14-10-17-7-3-2-4-8-17/h2-8,11H,9-10,12-15H2,1H3,(H3,21,22)(H,24,27). The minimum atomic E-state index is -0.0777. The third-order valence-electron chi connectivity index (χ3n) is 4.13. The van der Waals surface area contributed by atoms with E-state index in [1.165, 1.54) is 5.56 Å². The van der Waals surface area contributed by atoms with Gasteiger partial charge in [0.25, 0.3) is 0 Å². The fourth-order valence-corrected chi connectivity index (χ4v) is 2.88. The maximum Gasteiger partial charge on any atom is 0.194 e. The van der Waals surface area contributed by atoms with Crippen molar-refractivity contribution in [2.24, 2.45) is 5.73 Å². The third kappa shape index (κ3) is 7.32. The van der Waals surface area contributed by atoms with Crippen LogP contribution in [0.4, 0.5) is 0 Å². The van der Waals surface area contributed by atoms with E-state index in [2.05, 4.69) is 22.4 Å². The Morgan fingerprint density at radius 3 is 2.67 bits per heavy atom. The smallest absolute Gasteiger partial charge is 0.194 e. The summed E-state index contributed by atoms with van der Waals surface area (Å²) < 4.78 is 5.64. The van der Waals surface area contributed by atoms with Crippen molar-refractivity contribution in [3.8, 4) is 0 Å². The molecule has 0 saturated heterocycles. The number of hydrogen-bond acceptors (Lipinski definition) is 4. The molecule has 27 heavy (non-hydrogen) atoms. The van der Waals surface area contributed by atoms with Gasteiger partial charge >= 0.3 is 0 Å². The zero-order chi connectivity index (χ0) is 19.5. The average molecular weight is 386 g/mol. The van der Waals surface area contributed by atoms with Gasteiger partial charge in [-0.1, -0.05) is 36.4 Å². The molecule has 0 spiro atoms. The largest absolute Gasteiger partial charge is 0.379 e. The van der Waals surface area contributed by atoms with E-state index in [0.29, 0.717) is 37.8 Å². The van der Waals surface area contributed by atoms with Crippen molar-refractivity contribution in [3.63, 3.8) is 0 Å². The Bertz CT molecular complexity index is 738. The summed E-state index contributed by atoms with van der Waals surface area (Å²) in [5.41, 5.74) is 9.04. The Hall–Kier alpha value is -2.51. The number of ether oxygens (including phenoxy) is 1. The van der Waals surface area contributed by atoms with E-state index in [0.717, 1.165) is 17.7 Å². The Morgan fingerprint density at radius 1 is 1.19 bits per heavy atom. The molecule has 2 aromatic rings. The lowest BCUT2D eigenvalue weighted by atomic mass is 10.1. The number of hydrogen-bond donors (Lipinski definition) is 3. The molecule has 7 heteroatoms. The number of aryl methyl sites for hydroxylation is 1. The third-order valence-corrected chi connectivity index (χ3v) is 4.49. The molecule has 0 atom stereocenters. The number of benzene rings is 1. The van der Waals surface area contributed by atoms with Crippen molar-refractivity contribution in [3.05, 3.63) is 65.5 Å². The highest BCUT2D eigenvalue weighted by Crippen LogP contribution is 2.05. The first-order valence-electron chi connectivity index (χ1n) is 8.99. The van der Waals surface area contributed by atoms with Crippen LogP contribution in [0.2, 0.25) is 0 Å². The van der Waals surface area contributed by atoms with Crippen molar-refractivity contribution < 1.29 is 4.74 Å². The molecule has 0 aliphatic heterocycles. The quantitative estimate of drug-likeness (QED) is 0.266. The maximum atomic E-state index is 7.77. The van der Waals surface area contributed by atoms with Crippen molar-refractivity contribution >= 4 is 23.3 Å². The number of pyridine rings is 1. The predicted octanol–water partition coefficient (Wildman–Crippen LogP) is 2.26. The molecule has 0 fully saturated rings. The molecule has 0 aliphatic carbocycles. The molecule has 2 rings (SSSR count). The van der Waals surface area contributed by atoms with Crippen LogP contribution in [0.25, 0.3) is 0 Å². The van der Waals surface area contributed by atoms with Gasteiger partial charge in [-0.2, -0.15) is 0 Å². The zero-order valence-electron chi connectivity index (χ0n) is 15.6. The summed E-state index contributed by atoms with van der Waals surface area (Å²) >= 11 is 5.37. The van der Waals surface area contributed by atoms with Gasteiger partial charge in [-0.25, -0.2) is 0 Å². The Morgan fingerprint density at radius 2 is 1.96 bits per heavy atom. The number of nitrogens with two attached hydrogens (primary N) is 1. The molecule has 0 radical (unpaired) electrons. The second kappa shape index (κ2) is 11.3. The van der Waals surface area contributed by atoms with Crippen LogP contribution in [0.1, 0.15) is 16.8 Å². The van der Waals surface area contributed by atoms with Crippen LogP contribution < -0.4 is 11.1 Å². The van der Waals surface area contributed by atoms with Crippen molar-refractivity contribution in [2.75, 3.05) is 26.3 Å². The molecular weight excluding hydrogens is 358 g/mol. The van der Waals surface area contributed by atoms with Crippen LogP contribution >= 0.6 is 12.2 Å². The molecule has 0 saturated carbocycles. The minimum Gasteiger partial charge on any atom is -0.379 e. The molecule has 0 unspecified atom stereocenters. The second-order valence-corrected chi connectivity index (χ2v) is 6.52. The van der Waals surface area contributed by atoms with E-state index in [9.17, 15) is 0 Å². The first-order chi connectivity index (χ1) is 13.1. The molecule has 0 bridgehead atoms. The summed E-state index contributed by atoms with van der Waals surface area (Å²) in [6.45, 7) is 4.30. The molecule has 6 nitrogen and oxygen atoms in total. The van der Waals surface area contributed by atoms with Gasteiger partial charge in [0.15, 0.2) is 11.1 Å². The van der Waals surface area contributed by atoms with E-state index < -0.39 is 0 Å². The summed E-state index contributed by atoms with van der Waals surface area (Å²) in [6.07, 6.45) is 3.32. The molecule has 1 aromatic heterocycles. The zero-order valence-corrected chi connectivity index (χ0v) is 16.5. The van der Waals surface area contributed by atoms with Gasteiger partial charge in [0.1, 0.15) is 0 Å². The fraction of sp³-hybridized carbons (Fsp3) is 0.350. The van der Waals surface area contributed by atoms with Crippen LogP contribution in [-0.2, 0) is 17.6 Å². The van der Waals surface area contributed by atoms with Crippen LogP contribution in [0, 0.1) is 12.3 Å². The first kappa shape index (κ1) is 20.8. The topological polar surface area (TPSA) is 87.3 Å². The van der Waals surface area contributed by atoms with E-state index in [1.54, 1.807) is 11.1 Å². The van der Waals surface area contributed by atoms with E-state index in [4.69, 9.17) is 28.1 Å². The number of guanidine groups is 1. The summed E-state index contributed by atoms with van der Waals surface area (Å²) in [7, 11) is 0. The number of rotatable bonds is 9. The number of aromatic nitrogens is 1. The molecular formula is C20H27N5OS. The number of nitrogens with zero attached hydrogens (tertiary/aromatic N) is 2. The maximum absolute atomic E-state index is 7.77. The van der Waals surface area contributed by atoms with E-state index >= 15 is 0 Å². The lowest BCUT2D eigenvalue weighted by molar-refractivity contribution is 0.141. The normalized spacial score (nSPS) is 10.4. The van der Waals surface area contributed by atoms with E-state index in [-0.39, 0.29) is 5.96 Å². The van der Waals surface area contributed by atoms with Gasteiger partial charge in [0.05, 0.1) is 13.2 Å². The minimum absolute atomic E-state index is 0.0777. The van der Waals surface area contributed by atoms with Gasteiger partial charge in [-0.15, -0.1) is 0 Å². The SMILES string of the molecule is Cc1cccnc1CCN(C(=N)N)C(=S)NCCOCCc1ccccc1. The summed E-state index contributed by atoms with van der Waals surface area (Å²) in [4.78, 5) is 5.94. The van der Waals surface area contributed by atoms with Crippen molar-refractivity contribution in [1.82, 2.24) is 15.2 Å². The lowest BCUT2D eigenvalue weighted by Gasteiger charge is -2.24. The van der Waals surface area contributed by atoms with Gasteiger partial charge in [-0.3, -0.25) is 15.3 Å². The Labute approximate surface area is 166 Å². The van der Waals surface area contributed by atoms with Crippen LogP contribution in [0.3, 0.4) is 0 Å². The fourth-order valence-electron chi connectivity index (χ4n) is 2.59. The van der Waals surface area contributed by atoms with Crippen LogP contribution in [-0.4, -0.2) is 47.3 Å². The molecule has 0 amide bonds. The summed E-state index contributed by atoms with van der Waals surface area (Å²) in [5.74, 6) is -0.0777. The molecule has 1 heterocycles. The first-order valence-corrected chi connectivity index (χ1v) is 9.40. The molecule has 1 aromatic carbocycles. The second-order valence-electron chi connectivity index (χ2n) is 6.13. The molecule has 0 aliphatic rings. The van der Waals surface area contributed by atoms with Crippen LogP contribution in [0.15, 0.2) is 48.7 Å². The highest BCUT2D eigenvalue weighted by molar-refractivity contribution is 7.80. The van der Waals surface area contributed by atoms with E-state index in [1.807, 2.05) is 37.3 Å². The van der Waals surface area contributed by atoms with Gasteiger partial charge in [0.2, 0.25) is 0 Å². The highest BCUT2D eigenvalue weighted by Gasteiger charge is 2.13. The summed E-state index contributed by atoms with van der Waals surface area (Å²) in [6, 6.07) is 14.2. The van der Waals surface area contributed by atoms with Crippen molar-refractivity contribution in [2.45, 2.75) is 19.8 Å². The molecule has 144 valence electrons. The summed E-state index contributed by atoms with van der Waals surface area (Å²) in [5, 5.41) is 11.3. The number of thiocarbonyl (C=S) groups is 1. The van der Waals surface area contributed by atoms with Gasteiger partial charge in [-0.05, 0) is 42.8 Å². The van der Waals surface area contributed by atoms with Gasteiger partial charge in [0, 0.05) is 31.4 Å². The van der Waals surface area contributed by atoms with Gasteiger partial charge < -0.3 is 15.8 Å². The Balaban J connectivity index is 1.68. The molecule has 4 N–H and O–H groups in total. The highest BCUT2D eigenvalue weighted by atomic mass is 32.1. The van der Waals surface area contributed by atoms with Crippen LogP contribution in [0.5, 0.6) is 0 Å². The number of nitrogens with one attached hydrogen (secondary N) is 2. The predicted molar refractivity (Wildman–Crippen MR) is 113 cm³/mol. The Kier molecular flexibility index (Phi) is 8.67. The van der Waals surface area contributed by atoms with Crippen molar-refractivity contribution in [1.29, 1.82) is 5.41 Å².